The number of aryl methyl sites for hydroxylation is 1. The summed E-state index contributed by atoms with van der Waals surface area (Å²) in [5, 5.41) is 13.5. The number of piperidine rings is 1. The maximum Gasteiger partial charge on any atom is 0.287 e. The second kappa shape index (κ2) is 8.90. The van der Waals surface area contributed by atoms with E-state index in [-0.39, 0.29) is 12.0 Å². The van der Waals surface area contributed by atoms with Gasteiger partial charge in [-0.2, -0.15) is 0 Å². The Morgan fingerprint density at radius 2 is 1.87 bits per heavy atom. The first kappa shape index (κ1) is 20.4. The SMILES string of the molecule is COc1ccc2oc(C(=O)NCc3ccc(CN4CCC(O)CC4)cc3)c(C)c2c1. The number of aliphatic hydroxyl groups is 1. The van der Waals surface area contributed by atoms with Crippen molar-refractivity contribution in [2.24, 2.45) is 0 Å². The Labute approximate surface area is 176 Å². The predicted octanol–water partition coefficient (Wildman–Crippen LogP) is 3.64. The lowest BCUT2D eigenvalue weighted by Gasteiger charge is -2.29. The molecule has 1 aliphatic rings. The highest BCUT2D eigenvalue weighted by Crippen LogP contribution is 2.28. The molecule has 1 aromatic heterocycles. The van der Waals surface area contributed by atoms with Crippen LogP contribution >= 0.6 is 0 Å². The molecule has 0 unspecified atom stereocenters. The molecule has 0 atom stereocenters. The van der Waals surface area contributed by atoms with Crippen LogP contribution < -0.4 is 10.1 Å². The quantitative estimate of drug-likeness (QED) is 0.651. The Bertz CT molecular complexity index is 1020. The predicted molar refractivity (Wildman–Crippen MR) is 116 cm³/mol. The van der Waals surface area contributed by atoms with Crippen molar-refractivity contribution in [3.8, 4) is 5.75 Å². The summed E-state index contributed by atoms with van der Waals surface area (Å²) in [4.78, 5) is 15.0. The van der Waals surface area contributed by atoms with Crippen molar-refractivity contribution < 1.29 is 19.1 Å². The number of carbonyl (C=O) groups is 1. The zero-order valence-corrected chi connectivity index (χ0v) is 17.5. The third-order valence-electron chi connectivity index (χ3n) is 5.79. The smallest absolute Gasteiger partial charge is 0.287 e. The van der Waals surface area contributed by atoms with E-state index in [0.717, 1.165) is 54.7 Å². The minimum atomic E-state index is -0.224. The molecule has 6 nitrogen and oxygen atoms in total. The van der Waals surface area contributed by atoms with Crippen molar-refractivity contribution >= 4 is 16.9 Å². The summed E-state index contributed by atoms with van der Waals surface area (Å²) in [6.45, 7) is 5.08. The van der Waals surface area contributed by atoms with Gasteiger partial charge in [-0.05, 0) is 49.1 Å². The molecule has 6 heteroatoms. The summed E-state index contributed by atoms with van der Waals surface area (Å²) in [6.07, 6.45) is 1.54. The van der Waals surface area contributed by atoms with Crippen LogP contribution in [0, 0.1) is 6.92 Å². The third-order valence-corrected chi connectivity index (χ3v) is 5.79. The van der Waals surface area contributed by atoms with Gasteiger partial charge in [-0.1, -0.05) is 24.3 Å². The number of methoxy groups -OCH3 is 1. The van der Waals surface area contributed by atoms with E-state index in [2.05, 4.69) is 22.3 Å². The van der Waals surface area contributed by atoms with Crippen LogP contribution in [-0.4, -0.2) is 42.2 Å². The fraction of sp³-hybridized carbons (Fsp3) is 0.375. The number of amides is 1. The Hall–Kier alpha value is -2.83. The van der Waals surface area contributed by atoms with Gasteiger partial charge in [-0.25, -0.2) is 0 Å². The first-order valence-corrected chi connectivity index (χ1v) is 10.4. The Morgan fingerprint density at radius 3 is 2.57 bits per heavy atom. The van der Waals surface area contributed by atoms with Gasteiger partial charge in [-0.15, -0.1) is 0 Å². The number of nitrogens with one attached hydrogen (secondary N) is 1. The minimum absolute atomic E-state index is 0.148. The highest BCUT2D eigenvalue weighted by Gasteiger charge is 2.18. The van der Waals surface area contributed by atoms with Crippen molar-refractivity contribution in [1.82, 2.24) is 10.2 Å². The van der Waals surface area contributed by atoms with Crippen molar-refractivity contribution in [3.05, 3.63) is 64.9 Å². The molecule has 0 radical (unpaired) electrons. The molecule has 158 valence electrons. The summed E-state index contributed by atoms with van der Waals surface area (Å²) in [6, 6.07) is 13.8. The van der Waals surface area contributed by atoms with Gasteiger partial charge >= 0.3 is 0 Å². The molecule has 0 aliphatic carbocycles. The molecule has 30 heavy (non-hydrogen) atoms. The number of hydrogen-bond donors (Lipinski definition) is 2. The van der Waals surface area contributed by atoms with Gasteiger partial charge in [0.2, 0.25) is 0 Å². The molecule has 1 saturated heterocycles. The van der Waals surface area contributed by atoms with Gasteiger partial charge < -0.3 is 19.6 Å². The van der Waals surface area contributed by atoms with Crippen molar-refractivity contribution in [1.29, 1.82) is 0 Å². The van der Waals surface area contributed by atoms with E-state index in [4.69, 9.17) is 9.15 Å². The highest BCUT2D eigenvalue weighted by molar-refractivity contribution is 5.99. The largest absolute Gasteiger partial charge is 0.497 e. The number of furan rings is 1. The molecule has 2 heterocycles. The van der Waals surface area contributed by atoms with Gasteiger partial charge in [0.15, 0.2) is 5.76 Å². The molecule has 1 amide bonds. The molecular weight excluding hydrogens is 380 g/mol. The lowest BCUT2D eigenvalue weighted by Crippen LogP contribution is -2.35. The number of rotatable bonds is 6. The molecule has 0 spiro atoms. The normalized spacial score (nSPS) is 15.4. The van der Waals surface area contributed by atoms with Crippen LogP contribution in [0.15, 0.2) is 46.9 Å². The number of hydrogen-bond acceptors (Lipinski definition) is 5. The second-order valence-electron chi connectivity index (χ2n) is 7.92. The van der Waals surface area contributed by atoms with E-state index in [9.17, 15) is 9.90 Å². The second-order valence-corrected chi connectivity index (χ2v) is 7.92. The zero-order valence-electron chi connectivity index (χ0n) is 17.5. The molecule has 1 fully saturated rings. The monoisotopic (exact) mass is 408 g/mol. The van der Waals surface area contributed by atoms with E-state index in [0.29, 0.717) is 17.9 Å². The lowest BCUT2D eigenvalue weighted by atomic mass is 10.1. The van der Waals surface area contributed by atoms with E-state index >= 15 is 0 Å². The molecule has 2 N–H and O–H groups in total. The van der Waals surface area contributed by atoms with Crippen molar-refractivity contribution in [2.45, 2.75) is 39.0 Å². The van der Waals surface area contributed by atoms with Gasteiger partial charge in [0.25, 0.3) is 5.91 Å². The van der Waals surface area contributed by atoms with Crippen LogP contribution in [0.4, 0.5) is 0 Å². The molecule has 0 saturated carbocycles. The molecule has 2 aromatic carbocycles. The van der Waals surface area contributed by atoms with E-state index in [1.54, 1.807) is 7.11 Å². The van der Waals surface area contributed by atoms with Crippen LogP contribution in [-0.2, 0) is 13.1 Å². The maximum atomic E-state index is 12.7. The highest BCUT2D eigenvalue weighted by atomic mass is 16.5. The number of likely N-dealkylation sites (tertiary alicyclic amines) is 1. The van der Waals surface area contributed by atoms with Crippen LogP contribution in [0.25, 0.3) is 11.0 Å². The number of fused-ring (bicyclic) bond motifs is 1. The first-order valence-electron chi connectivity index (χ1n) is 10.4. The van der Waals surface area contributed by atoms with E-state index in [1.807, 2.05) is 37.3 Å². The fourth-order valence-electron chi connectivity index (χ4n) is 3.90. The summed E-state index contributed by atoms with van der Waals surface area (Å²) < 4.78 is 11.0. The van der Waals surface area contributed by atoms with Crippen LogP contribution in [0.5, 0.6) is 5.75 Å². The van der Waals surface area contributed by atoms with Gasteiger partial charge in [0, 0.05) is 37.1 Å². The summed E-state index contributed by atoms with van der Waals surface area (Å²) in [5.41, 5.74) is 3.76. The molecular formula is C24H28N2O4. The number of carbonyl (C=O) groups excluding carboxylic acids is 1. The number of benzene rings is 2. The van der Waals surface area contributed by atoms with E-state index < -0.39 is 0 Å². The third kappa shape index (κ3) is 4.50. The zero-order chi connectivity index (χ0) is 21.1. The number of aliphatic hydroxyl groups excluding tert-OH is 1. The van der Waals surface area contributed by atoms with Crippen molar-refractivity contribution in [3.63, 3.8) is 0 Å². The standard InChI is InChI=1S/C24H28N2O4/c1-16-21-13-20(29-2)7-8-22(21)30-23(16)24(28)25-14-17-3-5-18(6-4-17)15-26-11-9-19(27)10-12-26/h3-8,13,19,27H,9-12,14-15H2,1-2H3,(H,25,28). The van der Waals surface area contributed by atoms with Crippen LogP contribution in [0.3, 0.4) is 0 Å². The minimum Gasteiger partial charge on any atom is -0.497 e. The average Bonchev–Trinajstić information content (AvgIpc) is 3.10. The molecule has 1 aliphatic heterocycles. The van der Waals surface area contributed by atoms with Gasteiger partial charge in [0.1, 0.15) is 11.3 Å². The maximum absolute atomic E-state index is 12.7. The Kier molecular flexibility index (Phi) is 6.06. The lowest BCUT2D eigenvalue weighted by molar-refractivity contribution is 0.0792. The van der Waals surface area contributed by atoms with Crippen LogP contribution in [0.2, 0.25) is 0 Å². The van der Waals surface area contributed by atoms with Gasteiger partial charge in [0.05, 0.1) is 13.2 Å². The first-order chi connectivity index (χ1) is 14.5. The summed E-state index contributed by atoms with van der Waals surface area (Å²) >= 11 is 0. The molecule has 3 aromatic rings. The van der Waals surface area contributed by atoms with Crippen LogP contribution in [0.1, 0.15) is 40.1 Å². The Morgan fingerprint density at radius 1 is 1.17 bits per heavy atom. The fourth-order valence-corrected chi connectivity index (χ4v) is 3.90. The average molecular weight is 408 g/mol. The number of nitrogens with zero attached hydrogens (tertiary/aromatic N) is 1. The molecule has 0 bridgehead atoms. The summed E-state index contributed by atoms with van der Waals surface area (Å²) in [7, 11) is 1.62. The number of ether oxygens (including phenoxy) is 1. The van der Waals surface area contributed by atoms with Gasteiger partial charge in [-0.3, -0.25) is 9.69 Å². The van der Waals surface area contributed by atoms with E-state index in [1.165, 1.54) is 5.56 Å². The van der Waals surface area contributed by atoms with Crippen molar-refractivity contribution in [2.75, 3.05) is 20.2 Å². The molecule has 4 rings (SSSR count). The Balaban J connectivity index is 1.36. The topological polar surface area (TPSA) is 74.9 Å². The summed E-state index contributed by atoms with van der Waals surface area (Å²) in [5.74, 6) is 0.847.